The molecule has 0 spiro atoms. The fourth-order valence-corrected chi connectivity index (χ4v) is 7.66. The van der Waals surface area contributed by atoms with E-state index in [0.29, 0.717) is 12.0 Å². The number of aromatic amines is 1. The van der Waals surface area contributed by atoms with Gasteiger partial charge in [0.05, 0.1) is 12.0 Å². The van der Waals surface area contributed by atoms with Crippen molar-refractivity contribution in [2.24, 2.45) is 0 Å². The zero-order valence-electron chi connectivity index (χ0n) is 32.5. The molecule has 1 aromatic heterocycles. The van der Waals surface area contributed by atoms with Gasteiger partial charge in [-0.25, -0.2) is 9.55 Å². The number of nitrogens with zero attached hydrogens (tertiary/aromatic N) is 1. The maximum absolute atomic E-state index is 3.77. The molecule has 272 valence electrons. The van der Waals surface area contributed by atoms with E-state index < -0.39 is 0 Å². The molecule has 2 nitrogen and oxygen atoms in total. The van der Waals surface area contributed by atoms with E-state index in [2.05, 4.69) is 49.6 Å². The Hall–Kier alpha value is -0.790. The third-order valence-corrected chi connectivity index (χ3v) is 10.9. The van der Waals surface area contributed by atoms with Crippen LogP contribution in [0.2, 0.25) is 0 Å². The van der Waals surface area contributed by atoms with Gasteiger partial charge in [-0.2, -0.15) is 0 Å². The van der Waals surface area contributed by atoms with Crippen LogP contribution in [0, 0.1) is 0 Å². The van der Waals surface area contributed by atoms with Crippen LogP contribution in [0.25, 0.3) is 0 Å². The summed E-state index contributed by atoms with van der Waals surface area (Å²) in [4.78, 5) is 3.77. The lowest BCUT2D eigenvalue weighted by molar-refractivity contribution is -0.727. The van der Waals surface area contributed by atoms with Crippen molar-refractivity contribution in [1.29, 1.82) is 0 Å². The molecule has 2 atom stereocenters. The second-order valence-corrected chi connectivity index (χ2v) is 15.4. The highest BCUT2D eigenvalue weighted by molar-refractivity contribution is 4.90. The molecule has 0 aliphatic carbocycles. The van der Waals surface area contributed by atoms with E-state index in [0.717, 1.165) is 0 Å². The molecule has 0 aromatic carbocycles. The number of imidazole rings is 1. The Morgan fingerprint density at radius 1 is 0.413 bits per heavy atom. The van der Waals surface area contributed by atoms with Gasteiger partial charge < -0.3 is 0 Å². The maximum atomic E-state index is 3.77. The van der Waals surface area contributed by atoms with E-state index in [1.807, 2.05) is 0 Å². The number of aromatic nitrogens is 2. The van der Waals surface area contributed by atoms with Crippen molar-refractivity contribution < 1.29 is 4.57 Å². The average Bonchev–Trinajstić information content (AvgIpc) is 3.56. The molecule has 2 unspecified atom stereocenters. The van der Waals surface area contributed by atoms with Crippen molar-refractivity contribution in [3.05, 3.63) is 18.2 Å². The lowest BCUT2D eigenvalue weighted by Crippen LogP contribution is -2.41. The van der Waals surface area contributed by atoms with Crippen LogP contribution in [0.1, 0.15) is 270 Å². The van der Waals surface area contributed by atoms with Crippen LogP contribution in [-0.2, 0) is 0 Å². The molecule has 1 heterocycles. The number of unbranched alkanes of at least 4 members (excludes halogenated alkanes) is 29. The number of nitrogens with one attached hydrogen (secondary N) is 1. The van der Waals surface area contributed by atoms with Crippen LogP contribution in [0.15, 0.2) is 12.4 Å². The van der Waals surface area contributed by atoms with Gasteiger partial charge in [-0.05, 0) is 32.6 Å². The molecule has 2 heteroatoms. The first-order valence-corrected chi connectivity index (χ1v) is 21.8. The molecular weight excluding hydrogens is 556 g/mol. The molecule has 0 fully saturated rings. The Morgan fingerprint density at radius 2 is 0.696 bits per heavy atom. The van der Waals surface area contributed by atoms with E-state index in [1.165, 1.54) is 225 Å². The fourth-order valence-electron chi connectivity index (χ4n) is 7.66. The predicted molar refractivity (Wildman–Crippen MR) is 207 cm³/mol. The van der Waals surface area contributed by atoms with Gasteiger partial charge in [0.15, 0.2) is 0 Å². The second kappa shape index (κ2) is 34.1. The molecule has 0 aliphatic heterocycles. The van der Waals surface area contributed by atoms with E-state index in [9.17, 15) is 0 Å². The highest BCUT2D eigenvalue weighted by atomic mass is 15.1. The summed E-state index contributed by atoms with van der Waals surface area (Å²) in [6.45, 7) is 9.43. The van der Waals surface area contributed by atoms with E-state index in [1.54, 1.807) is 5.82 Å². The minimum absolute atomic E-state index is 0.618. The molecule has 46 heavy (non-hydrogen) atoms. The van der Waals surface area contributed by atoms with Crippen LogP contribution in [-0.4, -0.2) is 4.98 Å². The number of H-pyrrole nitrogens is 1. The molecule has 0 saturated heterocycles. The molecule has 1 aromatic rings. The number of hydrogen-bond acceptors (Lipinski definition) is 0. The second-order valence-electron chi connectivity index (χ2n) is 15.4. The first-order chi connectivity index (χ1) is 22.7. The average molecular weight is 644 g/mol. The zero-order chi connectivity index (χ0) is 33.2. The Kier molecular flexibility index (Phi) is 32.0. The van der Waals surface area contributed by atoms with Crippen molar-refractivity contribution in [2.75, 3.05) is 0 Å². The van der Waals surface area contributed by atoms with Crippen molar-refractivity contribution in [3.63, 3.8) is 0 Å². The van der Waals surface area contributed by atoms with Gasteiger partial charge >= 0.3 is 0 Å². The number of rotatable bonds is 37. The molecule has 0 radical (unpaired) electrons. The summed E-state index contributed by atoms with van der Waals surface area (Å²) in [5.41, 5.74) is 0. The normalized spacial score (nSPS) is 13.0. The summed E-state index contributed by atoms with van der Waals surface area (Å²) < 4.78 is 2.65. The van der Waals surface area contributed by atoms with E-state index >= 15 is 0 Å². The summed E-state index contributed by atoms with van der Waals surface area (Å²) in [6, 6.07) is 0.618. The smallest absolute Gasteiger partial charge is 0.247 e. The van der Waals surface area contributed by atoms with Crippen LogP contribution < -0.4 is 4.57 Å². The zero-order valence-corrected chi connectivity index (χ0v) is 32.5. The summed E-state index contributed by atoms with van der Waals surface area (Å²) in [7, 11) is 0. The van der Waals surface area contributed by atoms with Crippen molar-refractivity contribution in [2.45, 2.75) is 264 Å². The Balaban J connectivity index is 2.41. The van der Waals surface area contributed by atoms with Gasteiger partial charge in [0.2, 0.25) is 0 Å². The highest BCUT2D eigenvalue weighted by Gasteiger charge is 2.25. The quantitative estimate of drug-likeness (QED) is 0.0550. The fraction of sp³-hybridized carbons (Fsp3) is 0.932. The molecule has 0 bridgehead atoms. The van der Waals surface area contributed by atoms with Gasteiger partial charge in [-0.15, -0.1) is 0 Å². The molecule has 0 aliphatic rings. The van der Waals surface area contributed by atoms with Gasteiger partial charge in [0.25, 0.3) is 5.82 Å². The SMILES string of the molecule is CCCCCCCCCCCCCCC(CCCCCCCCCCCCC)c1[nH]cc[n+]1C(C)CCCCCCCCCCC. The van der Waals surface area contributed by atoms with Crippen LogP contribution >= 0.6 is 0 Å². The summed E-state index contributed by atoms with van der Waals surface area (Å²) >= 11 is 0. The van der Waals surface area contributed by atoms with E-state index in [-0.39, 0.29) is 0 Å². The van der Waals surface area contributed by atoms with Crippen molar-refractivity contribution >= 4 is 0 Å². The third kappa shape index (κ3) is 25.3. The molecule has 1 N–H and O–H groups in total. The standard InChI is InChI=1S/C44H86N2/c1-5-8-11-14-17-20-22-24-27-30-33-36-39-43(38-35-32-29-26-23-21-18-15-12-9-6-2)44-45-40-41-46(44)42(4)37-34-31-28-25-19-16-13-10-7-3/h40-43H,5-39H2,1-4H3/p+1. The van der Waals surface area contributed by atoms with Gasteiger partial charge in [-0.3, -0.25) is 0 Å². The van der Waals surface area contributed by atoms with Crippen LogP contribution in [0.3, 0.4) is 0 Å². The molecule has 0 saturated carbocycles. The van der Waals surface area contributed by atoms with Crippen molar-refractivity contribution in [3.8, 4) is 0 Å². The van der Waals surface area contributed by atoms with Gasteiger partial charge in [-0.1, -0.05) is 220 Å². The minimum Gasteiger partial charge on any atom is -0.247 e. The third-order valence-electron chi connectivity index (χ3n) is 10.9. The highest BCUT2D eigenvalue weighted by Crippen LogP contribution is 2.27. The van der Waals surface area contributed by atoms with E-state index in [4.69, 9.17) is 0 Å². The van der Waals surface area contributed by atoms with Crippen molar-refractivity contribution in [1.82, 2.24) is 4.98 Å². The number of hydrogen-bond donors (Lipinski definition) is 1. The maximum Gasteiger partial charge on any atom is 0.257 e. The predicted octanol–water partition coefficient (Wildman–Crippen LogP) is 15.7. The van der Waals surface area contributed by atoms with Crippen LogP contribution in [0.4, 0.5) is 0 Å². The molecule has 1 rings (SSSR count). The summed E-state index contributed by atoms with van der Waals surface area (Å²) in [6.07, 6.45) is 54.6. The Morgan fingerprint density at radius 3 is 1.02 bits per heavy atom. The first kappa shape index (κ1) is 43.2. The van der Waals surface area contributed by atoms with Gasteiger partial charge in [0.1, 0.15) is 12.4 Å². The van der Waals surface area contributed by atoms with Gasteiger partial charge in [0, 0.05) is 0 Å². The summed E-state index contributed by atoms with van der Waals surface area (Å²) in [5.74, 6) is 2.25. The monoisotopic (exact) mass is 644 g/mol. The first-order valence-electron chi connectivity index (χ1n) is 21.8. The van der Waals surface area contributed by atoms with Crippen LogP contribution in [0.5, 0.6) is 0 Å². The Labute approximate surface area is 291 Å². The molecular formula is C44H87N2+. The lowest BCUT2D eigenvalue weighted by Gasteiger charge is -2.17. The largest absolute Gasteiger partial charge is 0.257 e. The minimum atomic E-state index is 0.618. The summed E-state index contributed by atoms with van der Waals surface area (Å²) in [5, 5.41) is 0. The topological polar surface area (TPSA) is 19.7 Å². The Bertz CT molecular complexity index is 709. The lowest BCUT2D eigenvalue weighted by atomic mass is 9.92. The molecule has 0 amide bonds.